The second-order valence-electron chi connectivity index (χ2n) is 7.18. The molecule has 1 fully saturated rings. The molecule has 1 aliphatic heterocycles. The Labute approximate surface area is 164 Å². The van der Waals surface area contributed by atoms with Crippen LogP contribution in [-0.4, -0.2) is 47.5 Å². The normalized spacial score (nSPS) is 16.0. The minimum absolute atomic E-state index is 0.0531. The van der Waals surface area contributed by atoms with Crippen LogP contribution in [0.1, 0.15) is 18.4 Å². The van der Waals surface area contributed by atoms with Gasteiger partial charge in [-0.1, -0.05) is 24.3 Å². The predicted molar refractivity (Wildman–Crippen MR) is 107 cm³/mol. The molecule has 0 aliphatic carbocycles. The van der Waals surface area contributed by atoms with E-state index in [2.05, 4.69) is 50.8 Å². The zero-order valence-corrected chi connectivity index (χ0v) is 16.3. The largest absolute Gasteiger partial charge is 0.497 e. The van der Waals surface area contributed by atoms with Crippen molar-refractivity contribution in [2.24, 2.45) is 0 Å². The molecular weight excluding hydrogens is 354 g/mol. The van der Waals surface area contributed by atoms with Gasteiger partial charge in [0, 0.05) is 18.5 Å². The number of para-hydroxylation sites is 2. The second kappa shape index (κ2) is 7.88. The molecule has 2 heterocycles. The topological polar surface area (TPSA) is 65.3 Å². The smallest absolute Gasteiger partial charge is 0.142 e. The maximum atomic E-state index is 5.56. The molecule has 0 atom stereocenters. The Balaban J connectivity index is 1.63. The third-order valence-electron chi connectivity index (χ3n) is 5.68. The lowest BCUT2D eigenvalue weighted by atomic mass is 9.72. The van der Waals surface area contributed by atoms with Gasteiger partial charge in [0.15, 0.2) is 0 Å². The van der Waals surface area contributed by atoms with Crippen LogP contribution in [0.3, 0.4) is 0 Å². The van der Waals surface area contributed by atoms with Gasteiger partial charge in [-0.25, -0.2) is 4.68 Å². The van der Waals surface area contributed by atoms with E-state index in [-0.39, 0.29) is 5.41 Å². The number of aromatic nitrogens is 4. The van der Waals surface area contributed by atoms with Gasteiger partial charge in [0.1, 0.15) is 17.8 Å². The molecule has 0 N–H and O–H groups in total. The summed E-state index contributed by atoms with van der Waals surface area (Å²) in [5.74, 6) is 1.79. The number of benzene rings is 2. The van der Waals surface area contributed by atoms with Crippen molar-refractivity contribution in [2.75, 3.05) is 32.2 Å². The van der Waals surface area contributed by atoms with Crippen LogP contribution in [-0.2, 0) is 12.0 Å². The van der Waals surface area contributed by atoms with Gasteiger partial charge in [-0.3, -0.25) is 0 Å². The molecule has 146 valence electrons. The van der Waals surface area contributed by atoms with Gasteiger partial charge in [0.25, 0.3) is 0 Å². The van der Waals surface area contributed by atoms with E-state index in [9.17, 15) is 0 Å². The molecule has 1 aromatic heterocycles. The highest BCUT2D eigenvalue weighted by Crippen LogP contribution is 2.41. The minimum Gasteiger partial charge on any atom is -0.497 e. The van der Waals surface area contributed by atoms with E-state index < -0.39 is 0 Å². The van der Waals surface area contributed by atoms with Crippen molar-refractivity contribution in [1.29, 1.82) is 0 Å². The summed E-state index contributed by atoms with van der Waals surface area (Å²) in [6, 6.07) is 16.6. The van der Waals surface area contributed by atoms with Gasteiger partial charge in [0.2, 0.25) is 0 Å². The molecule has 28 heavy (non-hydrogen) atoms. The zero-order chi connectivity index (χ0) is 19.4. The minimum atomic E-state index is -0.0531. The number of methoxy groups -OCH3 is 2. The SMILES string of the molecule is COc1cccc(C2(Cn3cnnn3)CCN(c3ccccc3OC)CC2)c1. The van der Waals surface area contributed by atoms with Gasteiger partial charge in [0.05, 0.1) is 26.5 Å². The maximum absolute atomic E-state index is 5.56. The third kappa shape index (κ3) is 3.52. The molecule has 0 spiro atoms. The van der Waals surface area contributed by atoms with Crippen LogP contribution in [0.5, 0.6) is 11.5 Å². The van der Waals surface area contributed by atoms with E-state index in [0.717, 1.165) is 49.7 Å². The molecule has 0 unspecified atom stereocenters. The molecule has 1 aliphatic rings. The summed E-state index contributed by atoms with van der Waals surface area (Å²) < 4.78 is 12.9. The van der Waals surface area contributed by atoms with Crippen LogP contribution in [0.2, 0.25) is 0 Å². The average molecular weight is 379 g/mol. The van der Waals surface area contributed by atoms with Crippen LogP contribution in [0.4, 0.5) is 5.69 Å². The first kappa shape index (κ1) is 18.3. The number of tetrazole rings is 1. The van der Waals surface area contributed by atoms with Gasteiger partial charge in [-0.05, 0) is 53.1 Å². The van der Waals surface area contributed by atoms with Crippen molar-refractivity contribution < 1.29 is 9.47 Å². The molecule has 3 aromatic rings. The molecule has 2 aromatic carbocycles. The van der Waals surface area contributed by atoms with E-state index >= 15 is 0 Å². The quantitative estimate of drug-likeness (QED) is 0.656. The number of hydrogen-bond donors (Lipinski definition) is 0. The van der Waals surface area contributed by atoms with Crippen molar-refractivity contribution in [2.45, 2.75) is 24.8 Å². The van der Waals surface area contributed by atoms with Crippen LogP contribution in [0.15, 0.2) is 54.9 Å². The standard InChI is InChI=1S/C21H25N5O2/c1-27-18-7-5-6-17(14-18)21(15-26-16-22-23-24-26)10-12-25(13-11-21)19-8-3-4-9-20(19)28-2/h3-9,14,16H,10-13,15H2,1-2H3. The number of anilines is 1. The highest BCUT2D eigenvalue weighted by molar-refractivity contribution is 5.59. The van der Waals surface area contributed by atoms with Crippen molar-refractivity contribution in [1.82, 2.24) is 20.2 Å². The van der Waals surface area contributed by atoms with Crippen molar-refractivity contribution in [3.8, 4) is 11.5 Å². The zero-order valence-electron chi connectivity index (χ0n) is 16.3. The third-order valence-corrected chi connectivity index (χ3v) is 5.68. The summed E-state index contributed by atoms with van der Waals surface area (Å²) in [4.78, 5) is 2.40. The van der Waals surface area contributed by atoms with Gasteiger partial charge < -0.3 is 14.4 Å². The Morgan fingerprint density at radius 3 is 2.54 bits per heavy atom. The Hall–Kier alpha value is -3.09. The van der Waals surface area contributed by atoms with Crippen molar-refractivity contribution >= 4 is 5.69 Å². The molecular formula is C21H25N5O2. The second-order valence-corrected chi connectivity index (χ2v) is 7.18. The Bertz CT molecular complexity index is 905. The number of hydrogen-bond acceptors (Lipinski definition) is 6. The maximum Gasteiger partial charge on any atom is 0.142 e. The van der Waals surface area contributed by atoms with E-state index in [1.54, 1.807) is 20.5 Å². The molecule has 0 bridgehead atoms. The molecule has 0 amide bonds. The first-order valence-electron chi connectivity index (χ1n) is 9.47. The highest BCUT2D eigenvalue weighted by atomic mass is 16.5. The molecule has 0 radical (unpaired) electrons. The first-order valence-corrected chi connectivity index (χ1v) is 9.47. The Kier molecular flexibility index (Phi) is 5.14. The van der Waals surface area contributed by atoms with Gasteiger partial charge in [-0.2, -0.15) is 0 Å². The lowest BCUT2D eigenvalue weighted by Crippen LogP contribution is -2.45. The lowest BCUT2D eigenvalue weighted by Gasteiger charge is -2.43. The molecule has 1 saturated heterocycles. The van der Waals surface area contributed by atoms with E-state index in [1.165, 1.54) is 5.56 Å². The molecule has 4 rings (SSSR count). The van der Waals surface area contributed by atoms with Crippen LogP contribution in [0.25, 0.3) is 0 Å². The summed E-state index contributed by atoms with van der Waals surface area (Å²) in [6.45, 7) is 2.60. The van der Waals surface area contributed by atoms with E-state index in [1.807, 2.05) is 22.9 Å². The van der Waals surface area contributed by atoms with Crippen LogP contribution in [0, 0.1) is 0 Å². The molecule has 0 saturated carbocycles. The fraction of sp³-hybridized carbons (Fsp3) is 0.381. The van der Waals surface area contributed by atoms with Gasteiger partial charge in [-0.15, -0.1) is 5.10 Å². The van der Waals surface area contributed by atoms with Crippen molar-refractivity contribution in [3.05, 3.63) is 60.4 Å². The highest BCUT2D eigenvalue weighted by Gasteiger charge is 2.38. The number of ether oxygens (including phenoxy) is 2. The van der Waals surface area contributed by atoms with Gasteiger partial charge >= 0.3 is 0 Å². The van der Waals surface area contributed by atoms with Crippen LogP contribution >= 0.6 is 0 Å². The fourth-order valence-corrected chi connectivity index (χ4v) is 4.12. The number of piperidine rings is 1. The molecule has 7 nitrogen and oxygen atoms in total. The number of nitrogens with zero attached hydrogens (tertiary/aromatic N) is 5. The summed E-state index contributed by atoms with van der Waals surface area (Å²) in [7, 11) is 3.43. The summed E-state index contributed by atoms with van der Waals surface area (Å²) in [5, 5.41) is 11.7. The van der Waals surface area contributed by atoms with Crippen molar-refractivity contribution in [3.63, 3.8) is 0 Å². The first-order chi connectivity index (χ1) is 13.7. The predicted octanol–water partition coefficient (Wildman–Crippen LogP) is 2.93. The van der Waals surface area contributed by atoms with E-state index in [0.29, 0.717) is 0 Å². The summed E-state index contributed by atoms with van der Waals surface area (Å²) >= 11 is 0. The Morgan fingerprint density at radius 2 is 1.82 bits per heavy atom. The summed E-state index contributed by atoms with van der Waals surface area (Å²) in [5.41, 5.74) is 2.36. The van der Waals surface area contributed by atoms with Crippen LogP contribution < -0.4 is 14.4 Å². The van der Waals surface area contributed by atoms with E-state index in [4.69, 9.17) is 9.47 Å². The monoisotopic (exact) mass is 379 g/mol. The molecule has 7 heteroatoms. The summed E-state index contributed by atoms with van der Waals surface area (Å²) in [6.07, 6.45) is 3.66. The number of rotatable bonds is 6. The fourth-order valence-electron chi connectivity index (χ4n) is 4.12. The lowest BCUT2D eigenvalue weighted by molar-refractivity contribution is 0.272. The Morgan fingerprint density at radius 1 is 1.00 bits per heavy atom. The average Bonchev–Trinajstić information content (AvgIpc) is 3.27.